The lowest BCUT2D eigenvalue weighted by Gasteiger charge is -2.22. The minimum absolute atomic E-state index is 0.341. The maximum Gasteiger partial charge on any atom is 0.337 e. The van der Waals surface area contributed by atoms with Gasteiger partial charge in [0.05, 0.1) is 12.7 Å². The van der Waals surface area contributed by atoms with Crippen LogP contribution in [-0.4, -0.2) is 42.4 Å². The standard InChI is InChI=1S/C20H19N3O5/c1-20(14-6-4-3-5-7-14)18(26)23(19(27)22-20)12-16(24)21-15-10-8-13(9-11-15)17(25)28-2/h3-11H,12H2,1-2H3,(H,21,24)(H,22,27). The molecule has 3 rings (SSSR count). The monoisotopic (exact) mass is 381 g/mol. The summed E-state index contributed by atoms with van der Waals surface area (Å²) in [4.78, 5) is 49.7. The number of urea groups is 1. The van der Waals surface area contributed by atoms with E-state index in [1.165, 1.54) is 31.4 Å². The summed E-state index contributed by atoms with van der Waals surface area (Å²) in [6.07, 6.45) is 0. The van der Waals surface area contributed by atoms with E-state index in [9.17, 15) is 19.2 Å². The minimum Gasteiger partial charge on any atom is -0.465 e. The van der Waals surface area contributed by atoms with Crippen LogP contribution in [0.25, 0.3) is 0 Å². The number of rotatable bonds is 5. The number of amides is 4. The van der Waals surface area contributed by atoms with Gasteiger partial charge in [0.2, 0.25) is 5.91 Å². The lowest BCUT2D eigenvalue weighted by Crippen LogP contribution is -2.42. The van der Waals surface area contributed by atoms with Gasteiger partial charge < -0.3 is 15.4 Å². The number of carbonyl (C=O) groups excluding carboxylic acids is 4. The van der Waals surface area contributed by atoms with E-state index in [0.29, 0.717) is 16.8 Å². The molecule has 0 saturated carbocycles. The second kappa shape index (κ2) is 7.51. The van der Waals surface area contributed by atoms with Crippen LogP contribution in [0.2, 0.25) is 0 Å². The normalized spacial score (nSPS) is 18.6. The highest BCUT2D eigenvalue weighted by Gasteiger charge is 2.49. The van der Waals surface area contributed by atoms with Crippen LogP contribution in [0.15, 0.2) is 54.6 Å². The van der Waals surface area contributed by atoms with Crippen molar-refractivity contribution < 1.29 is 23.9 Å². The Morgan fingerprint density at radius 3 is 2.32 bits per heavy atom. The summed E-state index contributed by atoms with van der Waals surface area (Å²) in [7, 11) is 1.28. The predicted molar refractivity (Wildman–Crippen MR) is 100 cm³/mol. The molecule has 2 aromatic carbocycles. The van der Waals surface area contributed by atoms with Crippen molar-refractivity contribution in [2.24, 2.45) is 0 Å². The highest BCUT2D eigenvalue weighted by atomic mass is 16.5. The van der Waals surface area contributed by atoms with E-state index in [2.05, 4.69) is 15.4 Å². The average Bonchev–Trinajstić information content (AvgIpc) is 2.92. The van der Waals surface area contributed by atoms with Gasteiger partial charge in [-0.25, -0.2) is 9.59 Å². The number of ether oxygens (including phenoxy) is 1. The van der Waals surface area contributed by atoms with Gasteiger partial charge in [-0.2, -0.15) is 0 Å². The fourth-order valence-corrected chi connectivity index (χ4v) is 2.96. The average molecular weight is 381 g/mol. The van der Waals surface area contributed by atoms with Crippen molar-refractivity contribution in [2.75, 3.05) is 19.0 Å². The second-order valence-electron chi connectivity index (χ2n) is 6.43. The van der Waals surface area contributed by atoms with Crippen LogP contribution in [0.1, 0.15) is 22.8 Å². The first kappa shape index (κ1) is 19.1. The molecule has 1 aliphatic rings. The molecular weight excluding hydrogens is 362 g/mol. The second-order valence-corrected chi connectivity index (χ2v) is 6.43. The molecule has 1 heterocycles. The van der Waals surface area contributed by atoms with Gasteiger partial charge in [-0.3, -0.25) is 14.5 Å². The van der Waals surface area contributed by atoms with E-state index in [0.717, 1.165) is 4.90 Å². The van der Waals surface area contributed by atoms with E-state index < -0.39 is 35.9 Å². The van der Waals surface area contributed by atoms with E-state index in [1.807, 2.05) is 6.07 Å². The first-order valence-electron chi connectivity index (χ1n) is 8.53. The molecule has 0 aliphatic carbocycles. The number of nitrogens with one attached hydrogen (secondary N) is 2. The number of benzene rings is 2. The third-order valence-corrected chi connectivity index (χ3v) is 4.52. The molecule has 0 bridgehead atoms. The number of hydrogen-bond acceptors (Lipinski definition) is 5. The van der Waals surface area contributed by atoms with Gasteiger partial charge in [-0.15, -0.1) is 0 Å². The van der Waals surface area contributed by atoms with Gasteiger partial charge in [0, 0.05) is 5.69 Å². The van der Waals surface area contributed by atoms with Crippen LogP contribution >= 0.6 is 0 Å². The lowest BCUT2D eigenvalue weighted by molar-refractivity contribution is -0.133. The Kier molecular flexibility index (Phi) is 5.12. The molecule has 2 aromatic rings. The minimum atomic E-state index is -1.22. The molecule has 4 amide bonds. The fourth-order valence-electron chi connectivity index (χ4n) is 2.96. The SMILES string of the molecule is COC(=O)c1ccc(NC(=O)CN2C(=O)NC(C)(c3ccccc3)C2=O)cc1. The third-order valence-electron chi connectivity index (χ3n) is 4.52. The summed E-state index contributed by atoms with van der Waals surface area (Å²) >= 11 is 0. The maximum absolute atomic E-state index is 12.8. The maximum atomic E-state index is 12.8. The Morgan fingerprint density at radius 1 is 1.07 bits per heavy atom. The van der Waals surface area contributed by atoms with Gasteiger partial charge in [0.25, 0.3) is 5.91 Å². The van der Waals surface area contributed by atoms with E-state index >= 15 is 0 Å². The van der Waals surface area contributed by atoms with Crippen LogP contribution < -0.4 is 10.6 Å². The molecule has 0 aromatic heterocycles. The molecule has 1 saturated heterocycles. The van der Waals surface area contributed by atoms with Crippen molar-refractivity contribution in [1.29, 1.82) is 0 Å². The number of esters is 1. The molecular formula is C20H19N3O5. The van der Waals surface area contributed by atoms with Crippen LogP contribution in [0, 0.1) is 0 Å². The molecule has 1 atom stereocenters. The van der Waals surface area contributed by atoms with Crippen molar-refractivity contribution >= 4 is 29.5 Å². The van der Waals surface area contributed by atoms with E-state index in [4.69, 9.17) is 0 Å². The summed E-state index contributed by atoms with van der Waals surface area (Å²) in [6.45, 7) is 1.18. The first-order chi connectivity index (χ1) is 13.3. The van der Waals surface area contributed by atoms with Crippen molar-refractivity contribution in [3.8, 4) is 0 Å². The highest BCUT2D eigenvalue weighted by Crippen LogP contribution is 2.28. The van der Waals surface area contributed by atoms with Crippen molar-refractivity contribution in [1.82, 2.24) is 10.2 Å². The predicted octanol–water partition coefficient (Wildman–Crippen LogP) is 1.88. The Morgan fingerprint density at radius 2 is 1.71 bits per heavy atom. The zero-order chi connectivity index (χ0) is 20.3. The molecule has 28 heavy (non-hydrogen) atoms. The van der Waals surface area contributed by atoms with Gasteiger partial charge in [0.15, 0.2) is 0 Å². The van der Waals surface area contributed by atoms with Gasteiger partial charge in [0.1, 0.15) is 12.1 Å². The highest BCUT2D eigenvalue weighted by molar-refractivity contribution is 6.10. The number of imide groups is 1. The summed E-state index contributed by atoms with van der Waals surface area (Å²) in [6, 6.07) is 14.3. The van der Waals surface area contributed by atoms with Crippen molar-refractivity contribution in [3.63, 3.8) is 0 Å². The molecule has 0 radical (unpaired) electrons. The van der Waals surface area contributed by atoms with Crippen LogP contribution in [-0.2, 0) is 19.9 Å². The van der Waals surface area contributed by atoms with Crippen LogP contribution in [0.4, 0.5) is 10.5 Å². The molecule has 8 nitrogen and oxygen atoms in total. The van der Waals surface area contributed by atoms with Crippen LogP contribution in [0.3, 0.4) is 0 Å². The number of carbonyl (C=O) groups is 4. The molecule has 1 fully saturated rings. The quantitative estimate of drug-likeness (QED) is 0.608. The molecule has 8 heteroatoms. The van der Waals surface area contributed by atoms with E-state index in [-0.39, 0.29) is 0 Å². The Hall–Kier alpha value is -3.68. The Balaban J connectivity index is 1.68. The summed E-state index contributed by atoms with van der Waals surface area (Å²) < 4.78 is 4.61. The Labute approximate surface area is 161 Å². The largest absolute Gasteiger partial charge is 0.465 e. The first-order valence-corrected chi connectivity index (χ1v) is 8.53. The van der Waals surface area contributed by atoms with Crippen molar-refractivity contribution in [3.05, 3.63) is 65.7 Å². The van der Waals surface area contributed by atoms with E-state index in [1.54, 1.807) is 31.2 Å². The summed E-state index contributed by atoms with van der Waals surface area (Å²) in [5.41, 5.74) is 0.180. The van der Waals surface area contributed by atoms with Gasteiger partial charge in [-0.05, 0) is 36.8 Å². The number of hydrogen-bond donors (Lipinski definition) is 2. The topological polar surface area (TPSA) is 105 Å². The number of nitrogens with zero attached hydrogens (tertiary/aromatic N) is 1. The zero-order valence-corrected chi connectivity index (χ0v) is 15.4. The van der Waals surface area contributed by atoms with Crippen molar-refractivity contribution in [2.45, 2.75) is 12.5 Å². The molecule has 1 aliphatic heterocycles. The van der Waals surface area contributed by atoms with Crippen LogP contribution in [0.5, 0.6) is 0 Å². The lowest BCUT2D eigenvalue weighted by atomic mass is 9.92. The molecule has 1 unspecified atom stereocenters. The molecule has 0 spiro atoms. The molecule has 144 valence electrons. The number of anilines is 1. The van der Waals surface area contributed by atoms with Gasteiger partial charge in [-0.1, -0.05) is 30.3 Å². The Bertz CT molecular complexity index is 927. The summed E-state index contributed by atoms with van der Waals surface area (Å²) in [5.74, 6) is -1.52. The zero-order valence-electron chi connectivity index (χ0n) is 15.4. The molecule has 2 N–H and O–H groups in total. The van der Waals surface area contributed by atoms with Gasteiger partial charge >= 0.3 is 12.0 Å². The number of methoxy groups -OCH3 is 1. The third kappa shape index (κ3) is 3.57. The smallest absolute Gasteiger partial charge is 0.337 e. The summed E-state index contributed by atoms with van der Waals surface area (Å²) in [5, 5.41) is 5.24. The fraction of sp³-hybridized carbons (Fsp3) is 0.200.